The van der Waals surface area contributed by atoms with Crippen LogP contribution in [0.25, 0.3) is 6.08 Å². The summed E-state index contributed by atoms with van der Waals surface area (Å²) in [6.07, 6.45) is 1.41. The molecule has 0 saturated carbocycles. The van der Waals surface area contributed by atoms with Gasteiger partial charge in [0, 0.05) is 6.08 Å². The lowest BCUT2D eigenvalue weighted by molar-refractivity contribution is -0.140. The van der Waals surface area contributed by atoms with E-state index in [1.165, 1.54) is 6.08 Å². The topological polar surface area (TPSA) is 70.8 Å². The van der Waals surface area contributed by atoms with E-state index >= 15 is 0 Å². The van der Waals surface area contributed by atoms with Crippen molar-refractivity contribution in [2.24, 2.45) is 0 Å². The first kappa shape index (κ1) is 17.0. The average molecular weight is 365 g/mol. The number of thiocarbonyl (C=S) groups is 1. The fraction of sp³-hybridized carbons (Fsp3) is 0.250. The fourth-order valence-corrected chi connectivity index (χ4v) is 3.28. The molecule has 0 radical (unpaired) electrons. The SMILES string of the molecule is O=C(O)CN1C(=O)/C(=C\c2ccc(CSC(F)F)o2)SC1=S. The molecule has 0 atom stereocenters. The molecule has 0 spiro atoms. The molecule has 10 heteroatoms. The highest BCUT2D eigenvalue weighted by atomic mass is 32.2. The van der Waals surface area contributed by atoms with Crippen LogP contribution in [0, 0.1) is 0 Å². The van der Waals surface area contributed by atoms with Crippen LogP contribution >= 0.6 is 35.7 Å². The van der Waals surface area contributed by atoms with Crippen molar-refractivity contribution < 1.29 is 27.9 Å². The van der Waals surface area contributed by atoms with E-state index < -0.39 is 24.2 Å². The number of thioether (sulfide) groups is 2. The van der Waals surface area contributed by atoms with Crippen molar-refractivity contribution >= 4 is 58.0 Å². The van der Waals surface area contributed by atoms with Gasteiger partial charge in [-0.2, -0.15) is 8.78 Å². The third-order valence-electron chi connectivity index (χ3n) is 2.47. The highest BCUT2D eigenvalue weighted by Gasteiger charge is 2.33. The van der Waals surface area contributed by atoms with E-state index in [0.29, 0.717) is 23.3 Å². The second-order valence-corrected chi connectivity index (χ2v) is 6.69. The molecule has 0 unspecified atom stereocenters. The summed E-state index contributed by atoms with van der Waals surface area (Å²) >= 11 is 6.35. The summed E-state index contributed by atoms with van der Waals surface area (Å²) in [5, 5.41) is 8.73. The molecule has 118 valence electrons. The van der Waals surface area contributed by atoms with E-state index in [4.69, 9.17) is 21.7 Å². The smallest absolute Gasteiger partial charge is 0.323 e. The first-order valence-electron chi connectivity index (χ1n) is 5.82. The summed E-state index contributed by atoms with van der Waals surface area (Å²) in [6, 6.07) is 3.09. The molecule has 0 aromatic carbocycles. The van der Waals surface area contributed by atoms with Crippen molar-refractivity contribution in [3.63, 3.8) is 0 Å². The molecule has 1 fully saturated rings. The van der Waals surface area contributed by atoms with E-state index in [-0.39, 0.29) is 15.0 Å². The third kappa shape index (κ3) is 4.31. The molecule has 1 aliphatic rings. The highest BCUT2D eigenvalue weighted by molar-refractivity contribution is 8.26. The van der Waals surface area contributed by atoms with Crippen molar-refractivity contribution in [2.75, 3.05) is 6.54 Å². The van der Waals surface area contributed by atoms with Gasteiger partial charge in [0.2, 0.25) is 0 Å². The second kappa shape index (κ2) is 7.25. The van der Waals surface area contributed by atoms with E-state index in [1.807, 2.05) is 0 Å². The van der Waals surface area contributed by atoms with Gasteiger partial charge in [0.25, 0.3) is 11.7 Å². The third-order valence-corrected chi connectivity index (χ3v) is 4.56. The number of carboxylic acids is 1. The Bertz CT molecular complexity index is 644. The van der Waals surface area contributed by atoms with Crippen molar-refractivity contribution in [3.8, 4) is 0 Å². The van der Waals surface area contributed by atoms with Gasteiger partial charge >= 0.3 is 5.97 Å². The molecule has 0 aliphatic carbocycles. The lowest BCUT2D eigenvalue weighted by Gasteiger charge is -2.09. The second-order valence-electron chi connectivity index (χ2n) is 4.04. The van der Waals surface area contributed by atoms with Gasteiger partial charge < -0.3 is 9.52 Å². The number of carboxylic acid groups (broad SMARTS) is 1. The maximum absolute atomic E-state index is 12.1. The number of rotatable bonds is 6. The van der Waals surface area contributed by atoms with Gasteiger partial charge in [-0.1, -0.05) is 35.7 Å². The summed E-state index contributed by atoms with van der Waals surface area (Å²) in [4.78, 5) is 23.9. The van der Waals surface area contributed by atoms with E-state index in [9.17, 15) is 18.4 Å². The molecule has 2 rings (SSSR count). The van der Waals surface area contributed by atoms with Crippen LogP contribution in [0.15, 0.2) is 21.5 Å². The lowest BCUT2D eigenvalue weighted by atomic mass is 10.3. The van der Waals surface area contributed by atoms with E-state index in [1.54, 1.807) is 12.1 Å². The number of hydrogen-bond donors (Lipinski definition) is 1. The minimum atomic E-state index is -2.49. The van der Waals surface area contributed by atoms with Crippen LogP contribution in [0.5, 0.6) is 0 Å². The van der Waals surface area contributed by atoms with Crippen LogP contribution in [0.1, 0.15) is 11.5 Å². The average Bonchev–Trinajstić information content (AvgIpc) is 2.97. The van der Waals surface area contributed by atoms with Crippen molar-refractivity contribution in [2.45, 2.75) is 11.5 Å². The minimum Gasteiger partial charge on any atom is -0.480 e. The van der Waals surface area contributed by atoms with Crippen molar-refractivity contribution in [3.05, 3.63) is 28.6 Å². The van der Waals surface area contributed by atoms with Gasteiger partial charge in [0.05, 0.1) is 10.7 Å². The Balaban J connectivity index is 2.08. The summed E-state index contributed by atoms with van der Waals surface area (Å²) in [5.74, 6) is -3.47. The quantitative estimate of drug-likeness (QED) is 0.614. The Morgan fingerprint density at radius 1 is 1.55 bits per heavy atom. The van der Waals surface area contributed by atoms with Crippen LogP contribution < -0.4 is 0 Å². The zero-order chi connectivity index (χ0) is 16.3. The molecular weight excluding hydrogens is 356 g/mol. The molecule has 1 aromatic heterocycles. The number of nitrogens with zero attached hydrogens (tertiary/aromatic N) is 1. The number of alkyl halides is 2. The molecule has 1 aromatic rings. The standard InChI is InChI=1S/C12H9F2NO4S3/c13-11(14)21-5-7-2-1-6(19-7)3-8-10(18)15(4-9(16)17)12(20)22-8/h1-3,11H,4-5H2,(H,16,17)/b8-3+. The van der Waals surface area contributed by atoms with Gasteiger partial charge in [-0.15, -0.1) is 0 Å². The Labute approximate surface area is 137 Å². The summed E-state index contributed by atoms with van der Waals surface area (Å²) in [7, 11) is 0. The van der Waals surface area contributed by atoms with Crippen LogP contribution in [0.3, 0.4) is 0 Å². The maximum atomic E-state index is 12.1. The molecule has 1 saturated heterocycles. The Morgan fingerprint density at radius 3 is 2.91 bits per heavy atom. The maximum Gasteiger partial charge on any atom is 0.323 e. The molecule has 5 nitrogen and oxygen atoms in total. The number of hydrogen-bond acceptors (Lipinski definition) is 6. The predicted octanol–water partition coefficient (Wildman–Crippen LogP) is 3.02. The number of aliphatic carboxylic acids is 1. The first-order valence-corrected chi connectivity index (χ1v) is 8.10. The lowest BCUT2D eigenvalue weighted by Crippen LogP contribution is -2.33. The zero-order valence-corrected chi connectivity index (χ0v) is 13.3. The zero-order valence-electron chi connectivity index (χ0n) is 10.8. The van der Waals surface area contributed by atoms with Crippen LogP contribution in [0.2, 0.25) is 0 Å². The van der Waals surface area contributed by atoms with Gasteiger partial charge in [-0.25, -0.2) is 0 Å². The van der Waals surface area contributed by atoms with Crippen molar-refractivity contribution in [1.29, 1.82) is 0 Å². The fourth-order valence-electron chi connectivity index (χ4n) is 1.60. The van der Waals surface area contributed by atoms with Crippen LogP contribution in [-0.4, -0.2) is 38.5 Å². The number of carbonyl (C=O) groups excluding carboxylic acids is 1. The van der Waals surface area contributed by atoms with Crippen LogP contribution in [-0.2, 0) is 15.3 Å². The van der Waals surface area contributed by atoms with E-state index in [2.05, 4.69) is 0 Å². The normalized spacial score (nSPS) is 17.0. The number of halogens is 2. The molecule has 2 heterocycles. The van der Waals surface area contributed by atoms with Crippen LogP contribution in [0.4, 0.5) is 8.78 Å². The Kier molecular flexibility index (Phi) is 5.59. The van der Waals surface area contributed by atoms with Gasteiger partial charge in [0.1, 0.15) is 22.4 Å². The summed E-state index contributed by atoms with van der Waals surface area (Å²) < 4.78 is 29.7. The van der Waals surface area contributed by atoms with E-state index in [0.717, 1.165) is 16.7 Å². The van der Waals surface area contributed by atoms with Gasteiger partial charge in [-0.05, 0) is 12.1 Å². The number of carbonyl (C=O) groups is 2. The van der Waals surface area contributed by atoms with Gasteiger partial charge in [-0.3, -0.25) is 14.5 Å². The van der Waals surface area contributed by atoms with Crippen molar-refractivity contribution in [1.82, 2.24) is 4.90 Å². The highest BCUT2D eigenvalue weighted by Crippen LogP contribution is 2.33. The molecule has 1 amide bonds. The summed E-state index contributed by atoms with van der Waals surface area (Å²) in [5.41, 5.74) is 0. The first-order chi connectivity index (χ1) is 10.4. The molecule has 0 bridgehead atoms. The number of furan rings is 1. The number of amides is 1. The monoisotopic (exact) mass is 365 g/mol. The van der Waals surface area contributed by atoms with Gasteiger partial charge in [0.15, 0.2) is 0 Å². The molecule has 1 aliphatic heterocycles. The molecule has 1 N–H and O–H groups in total. The molecule has 22 heavy (non-hydrogen) atoms. The molecular formula is C12H9F2NO4S3. The Hall–Kier alpha value is -1.39. The largest absolute Gasteiger partial charge is 0.480 e. The minimum absolute atomic E-state index is 0.0193. The summed E-state index contributed by atoms with van der Waals surface area (Å²) in [6.45, 7) is -0.504. The predicted molar refractivity (Wildman–Crippen MR) is 83.5 cm³/mol. The Morgan fingerprint density at radius 2 is 2.27 bits per heavy atom.